The third kappa shape index (κ3) is 5.25. The van der Waals surface area contributed by atoms with Crippen LogP contribution in [-0.4, -0.2) is 23.9 Å². The molecule has 3 atom stereocenters. The second-order valence-corrected chi connectivity index (χ2v) is 6.97. The molecule has 1 aliphatic rings. The Morgan fingerprint density at radius 3 is 2.42 bits per heavy atom. The van der Waals surface area contributed by atoms with E-state index in [1.165, 1.54) is 19.1 Å². The van der Waals surface area contributed by atoms with Crippen LogP contribution in [0.3, 0.4) is 0 Å². The minimum Gasteiger partial charge on any atom is -0.550 e. The molecular weight excluding hydrogens is 383 g/mol. The van der Waals surface area contributed by atoms with Gasteiger partial charge in [0.1, 0.15) is 5.75 Å². The highest BCUT2D eigenvalue weighted by atomic mass is 35.5. The van der Waals surface area contributed by atoms with Gasteiger partial charge in [0, 0.05) is 22.8 Å². The summed E-state index contributed by atoms with van der Waals surface area (Å²) < 4.78 is 5.44. The first-order valence-corrected chi connectivity index (χ1v) is 8.97. The van der Waals surface area contributed by atoms with E-state index in [9.17, 15) is 19.5 Å². The van der Waals surface area contributed by atoms with Crippen molar-refractivity contribution in [3.63, 3.8) is 0 Å². The van der Waals surface area contributed by atoms with Crippen LogP contribution < -0.4 is 20.7 Å². The monoisotopic (exact) mass is 401 g/mol. The zero-order chi connectivity index (χ0) is 19.3. The fraction of sp³-hybridized carbons (Fsp3) is 0.471. The summed E-state index contributed by atoms with van der Waals surface area (Å²) in [5.74, 6) is -3.70. The summed E-state index contributed by atoms with van der Waals surface area (Å²) in [5.41, 5.74) is 4.51. The van der Waals surface area contributed by atoms with E-state index in [0.29, 0.717) is 17.9 Å². The van der Waals surface area contributed by atoms with Crippen LogP contribution in [0.5, 0.6) is 5.75 Å². The smallest absolute Gasteiger partial charge is 0.279 e. The Balaban J connectivity index is 1.88. The largest absolute Gasteiger partial charge is 0.550 e. The number of amides is 2. The maximum Gasteiger partial charge on any atom is 0.279 e. The maximum absolute atomic E-state index is 12.2. The quantitative estimate of drug-likeness (QED) is 0.726. The summed E-state index contributed by atoms with van der Waals surface area (Å²) in [4.78, 5) is 35.4. The summed E-state index contributed by atoms with van der Waals surface area (Å²) in [6.07, 6.45) is 1.37. The second-order valence-electron chi connectivity index (χ2n) is 6.13. The zero-order valence-corrected chi connectivity index (χ0v) is 15.6. The maximum atomic E-state index is 12.2. The predicted molar refractivity (Wildman–Crippen MR) is 93.3 cm³/mol. The number of benzene rings is 1. The molecule has 0 radical (unpaired) electrons. The fourth-order valence-corrected chi connectivity index (χ4v) is 3.31. The molecule has 2 N–H and O–H groups in total. The van der Waals surface area contributed by atoms with Crippen LogP contribution >= 0.6 is 23.2 Å². The average molecular weight is 402 g/mol. The van der Waals surface area contributed by atoms with E-state index in [1.54, 1.807) is 6.07 Å². The Labute approximate surface area is 161 Å². The van der Waals surface area contributed by atoms with Gasteiger partial charge in [-0.05, 0) is 38.0 Å². The Morgan fingerprint density at radius 2 is 1.81 bits per heavy atom. The number of carboxylic acid groups (broad SMARTS) is 1. The van der Waals surface area contributed by atoms with Crippen molar-refractivity contribution in [2.45, 2.75) is 38.7 Å². The predicted octanol–water partition coefficient (Wildman–Crippen LogP) is 1.46. The van der Waals surface area contributed by atoms with Gasteiger partial charge in [-0.25, -0.2) is 0 Å². The van der Waals surface area contributed by atoms with Gasteiger partial charge in [-0.3, -0.25) is 20.4 Å². The molecule has 142 valence electrons. The van der Waals surface area contributed by atoms with Crippen molar-refractivity contribution in [1.29, 1.82) is 0 Å². The van der Waals surface area contributed by atoms with Gasteiger partial charge in [0.05, 0.1) is 5.02 Å². The van der Waals surface area contributed by atoms with Crippen molar-refractivity contribution in [2.24, 2.45) is 11.8 Å². The summed E-state index contributed by atoms with van der Waals surface area (Å²) in [6.45, 7) is 1.48. The van der Waals surface area contributed by atoms with Crippen LogP contribution in [0, 0.1) is 11.8 Å². The molecule has 0 aromatic heterocycles. The first kappa shape index (κ1) is 20.3. The third-order valence-electron chi connectivity index (χ3n) is 4.28. The molecule has 1 saturated carbocycles. The van der Waals surface area contributed by atoms with Crippen LogP contribution in [-0.2, 0) is 14.4 Å². The van der Waals surface area contributed by atoms with Crippen molar-refractivity contribution in [3.05, 3.63) is 28.2 Å². The molecule has 0 aliphatic heterocycles. The standard InChI is InChI=1S/C17H20Cl2N2O5/c1-9(26-14-7-6-10(18)8-13(14)19)15(22)20-21-16(23)11-4-2-3-5-12(11)17(24)25/h6-9,11-12H,2-5H2,1H3,(H,20,22)(H,21,23)(H,24,25)/p-1/t9-,11-,12+/m1/s1. The first-order valence-electron chi connectivity index (χ1n) is 8.22. The SMILES string of the molecule is C[C@@H](Oc1ccc(Cl)cc1Cl)C(=O)NNC(=O)[C@@H]1CCCC[C@@H]1C(=O)[O-]. The molecule has 2 amide bonds. The first-order chi connectivity index (χ1) is 12.3. The van der Waals surface area contributed by atoms with Gasteiger partial charge >= 0.3 is 0 Å². The van der Waals surface area contributed by atoms with Crippen molar-refractivity contribution < 1.29 is 24.2 Å². The molecule has 2 rings (SSSR count). The molecule has 0 saturated heterocycles. The van der Waals surface area contributed by atoms with E-state index < -0.39 is 35.7 Å². The van der Waals surface area contributed by atoms with Crippen molar-refractivity contribution in [2.75, 3.05) is 0 Å². The molecule has 1 fully saturated rings. The number of carbonyl (C=O) groups is 3. The molecule has 1 aromatic carbocycles. The zero-order valence-electron chi connectivity index (χ0n) is 14.1. The Kier molecular flexibility index (Phi) is 7.11. The number of aliphatic carboxylic acids is 1. The number of hydrogen-bond donors (Lipinski definition) is 2. The number of carboxylic acids is 1. The van der Waals surface area contributed by atoms with E-state index >= 15 is 0 Å². The second kappa shape index (κ2) is 9.09. The Morgan fingerprint density at radius 1 is 1.15 bits per heavy atom. The summed E-state index contributed by atoms with van der Waals surface area (Å²) in [5, 5.41) is 11.8. The molecule has 0 spiro atoms. The molecular formula is C17H19Cl2N2O5-. The van der Waals surface area contributed by atoms with Crippen molar-refractivity contribution in [3.8, 4) is 5.75 Å². The summed E-state index contributed by atoms with van der Waals surface area (Å²) in [7, 11) is 0. The van der Waals surface area contributed by atoms with E-state index in [-0.39, 0.29) is 10.8 Å². The minimum absolute atomic E-state index is 0.250. The number of carbonyl (C=O) groups excluding carboxylic acids is 3. The van der Waals surface area contributed by atoms with Crippen molar-refractivity contribution in [1.82, 2.24) is 10.9 Å². The average Bonchev–Trinajstić information content (AvgIpc) is 2.61. The molecule has 9 heteroatoms. The van der Waals surface area contributed by atoms with E-state index in [1.807, 2.05) is 0 Å². The molecule has 0 unspecified atom stereocenters. The summed E-state index contributed by atoms with van der Waals surface area (Å²) in [6, 6.07) is 4.58. The van der Waals surface area contributed by atoms with E-state index in [4.69, 9.17) is 27.9 Å². The molecule has 0 bridgehead atoms. The van der Waals surface area contributed by atoms with E-state index in [2.05, 4.69) is 10.9 Å². The van der Waals surface area contributed by atoms with Gasteiger partial charge in [-0.2, -0.15) is 0 Å². The highest BCUT2D eigenvalue weighted by Crippen LogP contribution is 2.30. The Bertz CT molecular complexity index is 698. The minimum atomic E-state index is -1.25. The summed E-state index contributed by atoms with van der Waals surface area (Å²) >= 11 is 11.8. The molecule has 26 heavy (non-hydrogen) atoms. The molecule has 0 heterocycles. The van der Waals surface area contributed by atoms with Gasteiger partial charge in [0.25, 0.3) is 5.91 Å². The number of rotatable bonds is 5. The van der Waals surface area contributed by atoms with Crippen LogP contribution in [0.2, 0.25) is 10.0 Å². The molecule has 7 nitrogen and oxygen atoms in total. The van der Waals surface area contributed by atoms with Gasteiger partial charge in [0.2, 0.25) is 5.91 Å². The van der Waals surface area contributed by atoms with E-state index in [0.717, 1.165) is 12.8 Å². The number of nitrogens with one attached hydrogen (secondary N) is 2. The topological polar surface area (TPSA) is 108 Å². The van der Waals surface area contributed by atoms with Crippen molar-refractivity contribution >= 4 is 41.0 Å². The highest BCUT2D eigenvalue weighted by molar-refractivity contribution is 6.35. The number of hydrogen-bond acceptors (Lipinski definition) is 5. The van der Waals surface area contributed by atoms with Crippen LogP contribution in [0.1, 0.15) is 32.6 Å². The van der Waals surface area contributed by atoms with Crippen LogP contribution in [0.15, 0.2) is 18.2 Å². The van der Waals surface area contributed by atoms with Gasteiger partial charge in [-0.1, -0.05) is 36.0 Å². The van der Waals surface area contributed by atoms with Gasteiger partial charge < -0.3 is 14.6 Å². The lowest BCUT2D eigenvalue weighted by atomic mass is 9.79. The molecule has 1 aromatic rings. The normalized spacial score (nSPS) is 20.7. The number of halogens is 2. The van der Waals surface area contributed by atoms with Gasteiger partial charge in [-0.15, -0.1) is 0 Å². The molecule has 1 aliphatic carbocycles. The lowest BCUT2D eigenvalue weighted by Crippen LogP contribution is -2.52. The number of ether oxygens (including phenoxy) is 1. The lowest BCUT2D eigenvalue weighted by molar-refractivity contribution is -0.314. The fourth-order valence-electron chi connectivity index (χ4n) is 2.86. The Hall–Kier alpha value is -1.99. The number of hydrazine groups is 1. The lowest BCUT2D eigenvalue weighted by Gasteiger charge is -2.31. The third-order valence-corrected chi connectivity index (χ3v) is 4.81. The van der Waals surface area contributed by atoms with Crippen LogP contribution in [0.4, 0.5) is 0 Å². The van der Waals surface area contributed by atoms with Gasteiger partial charge in [0.15, 0.2) is 6.10 Å². The highest BCUT2D eigenvalue weighted by Gasteiger charge is 2.32. The van der Waals surface area contributed by atoms with Crippen LogP contribution in [0.25, 0.3) is 0 Å².